The van der Waals surface area contributed by atoms with Crippen molar-refractivity contribution in [3.05, 3.63) is 46.0 Å². The third-order valence-electron chi connectivity index (χ3n) is 3.58. The van der Waals surface area contributed by atoms with Gasteiger partial charge in [-0.3, -0.25) is 4.57 Å². The molecular formula is C16H22N2S. The highest BCUT2D eigenvalue weighted by Crippen LogP contribution is 2.26. The van der Waals surface area contributed by atoms with Crippen LogP contribution in [0.25, 0.3) is 5.69 Å². The van der Waals surface area contributed by atoms with Crippen molar-refractivity contribution >= 4 is 12.2 Å². The monoisotopic (exact) mass is 274 g/mol. The molecule has 2 rings (SSSR count). The summed E-state index contributed by atoms with van der Waals surface area (Å²) in [7, 11) is 0. The van der Waals surface area contributed by atoms with E-state index in [1.165, 1.54) is 22.5 Å². The highest BCUT2D eigenvalue weighted by Gasteiger charge is 2.15. The number of benzene rings is 1. The molecule has 1 aromatic carbocycles. The Morgan fingerprint density at radius 1 is 1.16 bits per heavy atom. The molecular weight excluding hydrogens is 252 g/mol. The largest absolute Gasteiger partial charge is 0.337 e. The first kappa shape index (κ1) is 14.1. The molecule has 3 heteroatoms. The van der Waals surface area contributed by atoms with Crippen LogP contribution in [0.2, 0.25) is 0 Å². The number of rotatable bonds is 4. The second-order valence-electron chi connectivity index (χ2n) is 5.14. The Hall–Kier alpha value is -1.35. The number of nitrogens with one attached hydrogen (secondary N) is 1. The number of H-pyrrole nitrogens is 1. The molecule has 102 valence electrons. The molecule has 0 fully saturated rings. The Morgan fingerprint density at radius 2 is 1.74 bits per heavy atom. The van der Waals surface area contributed by atoms with Crippen LogP contribution in [0.5, 0.6) is 0 Å². The summed E-state index contributed by atoms with van der Waals surface area (Å²) < 4.78 is 3.01. The minimum Gasteiger partial charge on any atom is -0.337 e. The maximum atomic E-state index is 5.50. The maximum Gasteiger partial charge on any atom is 0.182 e. The molecule has 1 aromatic heterocycles. The van der Waals surface area contributed by atoms with Crippen molar-refractivity contribution in [2.75, 3.05) is 0 Å². The molecule has 0 spiro atoms. The molecule has 2 aromatic rings. The number of aromatic nitrogens is 2. The average Bonchev–Trinajstić information content (AvgIpc) is 2.79. The first-order valence-corrected chi connectivity index (χ1v) is 7.42. The van der Waals surface area contributed by atoms with E-state index in [0.29, 0.717) is 5.92 Å². The Kier molecular flexibility index (Phi) is 4.25. The van der Waals surface area contributed by atoms with Gasteiger partial charge in [0.15, 0.2) is 4.77 Å². The van der Waals surface area contributed by atoms with Crippen LogP contribution in [0.4, 0.5) is 0 Å². The first-order chi connectivity index (χ1) is 9.10. The van der Waals surface area contributed by atoms with Gasteiger partial charge in [0.2, 0.25) is 0 Å². The van der Waals surface area contributed by atoms with Gasteiger partial charge in [-0.05, 0) is 42.1 Å². The summed E-state index contributed by atoms with van der Waals surface area (Å²) in [6.07, 6.45) is 4.08. The number of hydrogen-bond donors (Lipinski definition) is 1. The molecule has 1 N–H and O–H groups in total. The highest BCUT2D eigenvalue weighted by molar-refractivity contribution is 7.71. The van der Waals surface area contributed by atoms with E-state index in [-0.39, 0.29) is 0 Å². The van der Waals surface area contributed by atoms with Crippen molar-refractivity contribution in [1.82, 2.24) is 9.55 Å². The number of aryl methyl sites for hydroxylation is 2. The average molecular weight is 274 g/mol. The van der Waals surface area contributed by atoms with Crippen molar-refractivity contribution in [2.45, 2.75) is 46.5 Å². The van der Waals surface area contributed by atoms with Gasteiger partial charge in [0.25, 0.3) is 0 Å². The zero-order chi connectivity index (χ0) is 14.0. The molecule has 0 atom stereocenters. The summed E-state index contributed by atoms with van der Waals surface area (Å²) in [5.74, 6) is 0.447. The smallest absolute Gasteiger partial charge is 0.182 e. The van der Waals surface area contributed by atoms with Gasteiger partial charge in [-0.1, -0.05) is 45.9 Å². The van der Waals surface area contributed by atoms with Crippen LogP contribution in [0, 0.1) is 4.77 Å². The molecule has 0 aliphatic carbocycles. The number of para-hydroxylation sites is 1. The number of hydrogen-bond acceptors (Lipinski definition) is 1. The summed E-state index contributed by atoms with van der Waals surface area (Å²) in [4.78, 5) is 3.20. The Labute approximate surface area is 120 Å². The van der Waals surface area contributed by atoms with Gasteiger partial charge in [-0.25, -0.2) is 0 Å². The van der Waals surface area contributed by atoms with Gasteiger partial charge in [0, 0.05) is 11.9 Å². The van der Waals surface area contributed by atoms with Crippen molar-refractivity contribution in [1.29, 1.82) is 0 Å². The van der Waals surface area contributed by atoms with Crippen LogP contribution in [0.15, 0.2) is 24.4 Å². The molecule has 0 bridgehead atoms. The van der Waals surface area contributed by atoms with E-state index in [4.69, 9.17) is 12.2 Å². The van der Waals surface area contributed by atoms with Crippen molar-refractivity contribution in [2.24, 2.45) is 0 Å². The first-order valence-electron chi connectivity index (χ1n) is 7.01. The summed E-state index contributed by atoms with van der Waals surface area (Å²) in [5, 5.41) is 0. The Balaban J connectivity index is 2.78. The minimum atomic E-state index is 0.447. The topological polar surface area (TPSA) is 20.7 Å². The van der Waals surface area contributed by atoms with Gasteiger partial charge in [-0.2, -0.15) is 0 Å². The predicted octanol–water partition coefficient (Wildman–Crippen LogP) is 4.78. The highest BCUT2D eigenvalue weighted by atomic mass is 32.1. The van der Waals surface area contributed by atoms with Crippen LogP contribution in [0.3, 0.4) is 0 Å². The second-order valence-corrected chi connectivity index (χ2v) is 5.53. The standard InChI is InChI=1S/C16H22N2S/c1-5-12-8-7-9-13(6-2)15(12)18-14(11(3)4)10-17-16(18)19/h7-11H,5-6H2,1-4H3,(H,17,19). The van der Waals surface area contributed by atoms with Crippen molar-refractivity contribution < 1.29 is 0 Å². The molecule has 0 saturated carbocycles. The zero-order valence-corrected chi connectivity index (χ0v) is 13.0. The summed E-state index contributed by atoms with van der Waals surface area (Å²) >= 11 is 5.50. The lowest BCUT2D eigenvalue weighted by atomic mass is 10.0. The lowest BCUT2D eigenvalue weighted by Gasteiger charge is -2.18. The normalized spacial score (nSPS) is 11.2. The molecule has 1 heterocycles. The molecule has 0 saturated heterocycles. The van der Waals surface area contributed by atoms with Crippen LogP contribution < -0.4 is 0 Å². The predicted molar refractivity (Wildman–Crippen MR) is 83.8 cm³/mol. The Morgan fingerprint density at radius 3 is 2.21 bits per heavy atom. The fourth-order valence-corrected chi connectivity index (χ4v) is 2.80. The van der Waals surface area contributed by atoms with E-state index >= 15 is 0 Å². The molecule has 2 nitrogen and oxygen atoms in total. The summed E-state index contributed by atoms with van der Waals surface area (Å²) in [5.41, 5.74) is 5.25. The van der Waals surface area contributed by atoms with Crippen molar-refractivity contribution in [3.63, 3.8) is 0 Å². The number of imidazole rings is 1. The molecule has 19 heavy (non-hydrogen) atoms. The van der Waals surface area contributed by atoms with Crippen LogP contribution in [-0.4, -0.2) is 9.55 Å². The van der Waals surface area contributed by atoms with Gasteiger partial charge < -0.3 is 4.98 Å². The summed E-state index contributed by atoms with van der Waals surface area (Å²) in [6.45, 7) is 8.80. The van der Waals surface area contributed by atoms with Crippen LogP contribution >= 0.6 is 12.2 Å². The molecule has 0 amide bonds. The molecule has 0 unspecified atom stereocenters. The Bertz CT molecular complexity index is 598. The lowest BCUT2D eigenvalue weighted by molar-refractivity contribution is 0.774. The SMILES string of the molecule is CCc1cccc(CC)c1-n1c(C(C)C)c[nH]c1=S. The fraction of sp³-hybridized carbons (Fsp3) is 0.438. The number of aromatic amines is 1. The van der Waals surface area contributed by atoms with Gasteiger partial charge >= 0.3 is 0 Å². The maximum absolute atomic E-state index is 5.50. The molecule has 0 radical (unpaired) electrons. The third kappa shape index (κ3) is 2.52. The van der Waals surface area contributed by atoms with E-state index < -0.39 is 0 Å². The fourth-order valence-electron chi connectivity index (χ4n) is 2.54. The molecule has 0 aliphatic heterocycles. The van der Waals surface area contributed by atoms with Gasteiger partial charge in [-0.15, -0.1) is 0 Å². The molecule has 0 aliphatic rings. The van der Waals surface area contributed by atoms with E-state index in [2.05, 4.69) is 55.4 Å². The quantitative estimate of drug-likeness (QED) is 0.795. The van der Waals surface area contributed by atoms with Gasteiger partial charge in [0.1, 0.15) is 0 Å². The summed E-state index contributed by atoms with van der Waals surface area (Å²) in [6, 6.07) is 6.55. The third-order valence-corrected chi connectivity index (χ3v) is 3.89. The lowest BCUT2D eigenvalue weighted by Crippen LogP contribution is -2.08. The van der Waals surface area contributed by atoms with Crippen molar-refractivity contribution in [3.8, 4) is 5.69 Å². The van der Waals surface area contributed by atoms with E-state index in [9.17, 15) is 0 Å². The minimum absolute atomic E-state index is 0.447. The zero-order valence-electron chi connectivity index (χ0n) is 12.2. The number of nitrogens with zero attached hydrogens (tertiary/aromatic N) is 1. The van der Waals surface area contributed by atoms with E-state index in [1.807, 2.05) is 6.20 Å². The van der Waals surface area contributed by atoms with Gasteiger partial charge in [0.05, 0.1) is 5.69 Å². The van der Waals surface area contributed by atoms with E-state index in [1.54, 1.807) is 0 Å². The van der Waals surface area contributed by atoms with E-state index in [0.717, 1.165) is 17.6 Å². The van der Waals surface area contributed by atoms with Crippen LogP contribution in [-0.2, 0) is 12.8 Å². The second kappa shape index (κ2) is 5.74. The van der Waals surface area contributed by atoms with Crippen LogP contribution in [0.1, 0.15) is 50.4 Å².